The van der Waals surface area contributed by atoms with Crippen LogP contribution in [0.25, 0.3) is 0 Å². The van der Waals surface area contributed by atoms with Crippen LogP contribution in [0.2, 0.25) is 5.02 Å². The molecule has 0 radical (unpaired) electrons. The molecule has 1 rings (SSSR count). The Balaban J connectivity index is 2.62. The average molecular weight is 280 g/mol. The number of halogens is 4. The van der Waals surface area contributed by atoms with Crippen molar-refractivity contribution >= 4 is 11.6 Å². The largest absolute Gasteiger partial charge is 0.390 e. The van der Waals surface area contributed by atoms with E-state index in [1.54, 1.807) is 24.3 Å². The first-order chi connectivity index (χ1) is 8.40. The van der Waals surface area contributed by atoms with E-state index in [4.69, 9.17) is 11.6 Å². The van der Waals surface area contributed by atoms with E-state index < -0.39 is 18.6 Å². The summed E-state index contributed by atoms with van der Waals surface area (Å²) in [5.74, 6) is 0. The van der Waals surface area contributed by atoms with Crippen LogP contribution in [-0.4, -0.2) is 18.8 Å². The molecule has 1 aromatic rings. The average Bonchev–Trinajstić information content (AvgIpc) is 2.27. The van der Waals surface area contributed by atoms with Gasteiger partial charge in [-0.2, -0.15) is 13.2 Å². The van der Waals surface area contributed by atoms with Gasteiger partial charge < -0.3 is 5.32 Å². The smallest absolute Gasteiger partial charge is 0.313 e. The van der Waals surface area contributed by atoms with E-state index in [1.165, 1.54) is 0 Å². The summed E-state index contributed by atoms with van der Waals surface area (Å²) in [5, 5.41) is 3.53. The lowest BCUT2D eigenvalue weighted by atomic mass is 10.0. The molecule has 0 aliphatic rings. The van der Waals surface area contributed by atoms with E-state index in [-0.39, 0.29) is 0 Å². The van der Waals surface area contributed by atoms with Crippen molar-refractivity contribution in [2.75, 3.05) is 6.54 Å². The van der Waals surface area contributed by atoms with Gasteiger partial charge in [0.15, 0.2) is 0 Å². The Morgan fingerprint density at radius 1 is 1.22 bits per heavy atom. The van der Waals surface area contributed by atoms with Crippen LogP contribution in [0, 0.1) is 0 Å². The van der Waals surface area contributed by atoms with Crippen LogP contribution >= 0.6 is 11.6 Å². The second kappa shape index (κ2) is 7.00. The molecule has 0 aliphatic carbocycles. The highest BCUT2D eigenvalue weighted by Crippen LogP contribution is 2.23. The van der Waals surface area contributed by atoms with Crippen LogP contribution in [-0.2, 0) is 6.42 Å². The summed E-state index contributed by atoms with van der Waals surface area (Å²) in [7, 11) is 0. The minimum absolute atomic E-state index is 0.358. The Morgan fingerprint density at radius 2 is 1.83 bits per heavy atom. The van der Waals surface area contributed by atoms with E-state index >= 15 is 0 Å². The molecular formula is C13H17ClF3N. The zero-order valence-corrected chi connectivity index (χ0v) is 11.0. The Kier molecular flexibility index (Phi) is 5.96. The molecule has 5 heteroatoms. The molecule has 1 nitrogen and oxygen atoms in total. The van der Waals surface area contributed by atoms with Crippen molar-refractivity contribution in [1.82, 2.24) is 5.32 Å². The molecule has 0 fully saturated rings. The summed E-state index contributed by atoms with van der Waals surface area (Å²) in [6.45, 7) is 2.52. The minimum atomic E-state index is -4.14. The van der Waals surface area contributed by atoms with Gasteiger partial charge in [-0.25, -0.2) is 0 Å². The van der Waals surface area contributed by atoms with Crippen LogP contribution in [0.3, 0.4) is 0 Å². The molecule has 18 heavy (non-hydrogen) atoms. The molecule has 1 N–H and O–H groups in total. The summed E-state index contributed by atoms with van der Waals surface area (Å²) in [4.78, 5) is 0. The number of hydrogen-bond acceptors (Lipinski definition) is 1. The van der Waals surface area contributed by atoms with Gasteiger partial charge in [0.2, 0.25) is 0 Å². The summed E-state index contributed by atoms with van der Waals surface area (Å²) < 4.78 is 37.3. The highest BCUT2D eigenvalue weighted by atomic mass is 35.5. The van der Waals surface area contributed by atoms with E-state index in [0.717, 1.165) is 12.0 Å². The third kappa shape index (κ3) is 6.26. The number of benzene rings is 1. The minimum Gasteiger partial charge on any atom is -0.313 e. The number of hydrogen-bond donors (Lipinski definition) is 1. The van der Waals surface area contributed by atoms with Gasteiger partial charge in [-0.05, 0) is 37.1 Å². The molecule has 1 unspecified atom stereocenters. The Labute approximate surface area is 110 Å². The van der Waals surface area contributed by atoms with Crippen molar-refractivity contribution in [2.45, 2.75) is 38.4 Å². The maximum Gasteiger partial charge on any atom is 0.390 e. The number of alkyl halides is 3. The zero-order chi connectivity index (χ0) is 13.6. The molecule has 102 valence electrons. The van der Waals surface area contributed by atoms with Crippen LogP contribution < -0.4 is 5.32 Å². The molecule has 1 atom stereocenters. The van der Waals surface area contributed by atoms with Crippen molar-refractivity contribution < 1.29 is 13.2 Å². The lowest BCUT2D eigenvalue weighted by Crippen LogP contribution is -2.36. The first-order valence-corrected chi connectivity index (χ1v) is 6.33. The maximum atomic E-state index is 12.4. The summed E-state index contributed by atoms with van der Waals surface area (Å²) in [6.07, 6.45) is -3.78. The Morgan fingerprint density at radius 3 is 2.33 bits per heavy atom. The van der Waals surface area contributed by atoms with Crippen molar-refractivity contribution in [2.24, 2.45) is 0 Å². The molecule has 0 heterocycles. The normalized spacial score (nSPS) is 13.6. The summed E-state index contributed by atoms with van der Waals surface area (Å²) in [5.41, 5.74) is 0.859. The number of rotatable bonds is 6. The van der Waals surface area contributed by atoms with Gasteiger partial charge in [0.1, 0.15) is 0 Å². The molecule has 0 spiro atoms. The van der Waals surface area contributed by atoms with Crippen molar-refractivity contribution in [3.05, 3.63) is 34.9 Å². The van der Waals surface area contributed by atoms with Gasteiger partial charge in [-0.3, -0.25) is 0 Å². The topological polar surface area (TPSA) is 12.0 Å². The maximum absolute atomic E-state index is 12.4. The third-order valence-electron chi connectivity index (χ3n) is 2.56. The predicted molar refractivity (Wildman–Crippen MR) is 67.9 cm³/mol. The van der Waals surface area contributed by atoms with Crippen LogP contribution in [0.4, 0.5) is 13.2 Å². The van der Waals surface area contributed by atoms with E-state index in [1.807, 2.05) is 6.92 Å². The fraction of sp³-hybridized carbons (Fsp3) is 0.538. The van der Waals surface area contributed by atoms with Crippen molar-refractivity contribution in [3.63, 3.8) is 0 Å². The van der Waals surface area contributed by atoms with Crippen molar-refractivity contribution in [3.8, 4) is 0 Å². The summed E-state index contributed by atoms with van der Waals surface area (Å²) in [6, 6.07) is 6.34. The van der Waals surface area contributed by atoms with Crippen LogP contribution in [0.15, 0.2) is 24.3 Å². The first kappa shape index (κ1) is 15.3. The molecular weight excluding hydrogens is 263 g/mol. The Bertz CT molecular complexity index is 348. The van der Waals surface area contributed by atoms with E-state index in [9.17, 15) is 13.2 Å². The lowest BCUT2D eigenvalue weighted by Gasteiger charge is -2.20. The predicted octanol–water partition coefficient (Wildman–Crippen LogP) is 4.20. The quantitative estimate of drug-likeness (QED) is 0.823. The second-order valence-corrected chi connectivity index (χ2v) is 4.74. The molecule has 0 aliphatic heterocycles. The zero-order valence-electron chi connectivity index (χ0n) is 10.2. The molecule has 1 aromatic carbocycles. The van der Waals surface area contributed by atoms with Crippen LogP contribution in [0.5, 0.6) is 0 Å². The standard InChI is InChI=1S/C13H17ClF3N/c1-2-7-18-12(9-13(15,16)17)8-10-3-5-11(14)6-4-10/h3-6,12,18H,2,7-9H2,1H3. The molecule has 0 saturated heterocycles. The summed E-state index contributed by atoms with van der Waals surface area (Å²) >= 11 is 5.74. The fourth-order valence-corrected chi connectivity index (χ4v) is 1.88. The van der Waals surface area contributed by atoms with Gasteiger partial charge in [-0.1, -0.05) is 30.7 Å². The first-order valence-electron chi connectivity index (χ1n) is 5.95. The Hall–Kier alpha value is -0.740. The highest BCUT2D eigenvalue weighted by molar-refractivity contribution is 6.30. The van der Waals surface area contributed by atoms with Gasteiger partial charge in [0.05, 0.1) is 6.42 Å². The highest BCUT2D eigenvalue weighted by Gasteiger charge is 2.31. The van der Waals surface area contributed by atoms with Gasteiger partial charge in [-0.15, -0.1) is 0 Å². The van der Waals surface area contributed by atoms with Crippen LogP contribution in [0.1, 0.15) is 25.3 Å². The molecule has 0 amide bonds. The number of nitrogens with one attached hydrogen (secondary N) is 1. The third-order valence-corrected chi connectivity index (χ3v) is 2.81. The molecule has 0 bridgehead atoms. The fourth-order valence-electron chi connectivity index (χ4n) is 1.75. The lowest BCUT2D eigenvalue weighted by molar-refractivity contribution is -0.139. The van der Waals surface area contributed by atoms with Crippen molar-refractivity contribution in [1.29, 1.82) is 0 Å². The van der Waals surface area contributed by atoms with Gasteiger partial charge in [0, 0.05) is 11.1 Å². The second-order valence-electron chi connectivity index (χ2n) is 4.30. The monoisotopic (exact) mass is 279 g/mol. The SMILES string of the molecule is CCCNC(Cc1ccc(Cl)cc1)CC(F)(F)F. The van der Waals surface area contributed by atoms with Gasteiger partial charge in [0.25, 0.3) is 0 Å². The molecule has 0 saturated carbocycles. The molecule has 0 aromatic heterocycles. The van der Waals surface area contributed by atoms with E-state index in [0.29, 0.717) is 18.0 Å². The van der Waals surface area contributed by atoms with E-state index in [2.05, 4.69) is 5.32 Å². The van der Waals surface area contributed by atoms with Gasteiger partial charge >= 0.3 is 6.18 Å².